The first kappa shape index (κ1) is 16.2. The van der Waals surface area contributed by atoms with Crippen LogP contribution in [0.3, 0.4) is 0 Å². The average molecular weight is 350 g/mol. The lowest BCUT2D eigenvalue weighted by Crippen LogP contribution is -2.40. The van der Waals surface area contributed by atoms with Crippen molar-refractivity contribution in [2.24, 2.45) is 35.5 Å². The molecule has 0 spiro atoms. The molecule has 4 heteroatoms. The molecular weight excluding hydrogens is 324 g/mol. The largest absolute Gasteiger partial charge is 0.302 e. The van der Waals surface area contributed by atoms with Gasteiger partial charge in [-0.1, -0.05) is 42.5 Å². The van der Waals surface area contributed by atoms with Gasteiger partial charge in [0.05, 0.1) is 11.8 Å². The van der Waals surface area contributed by atoms with Crippen molar-refractivity contribution in [3.63, 3.8) is 0 Å². The van der Waals surface area contributed by atoms with Crippen LogP contribution in [0.1, 0.15) is 18.4 Å². The van der Waals surface area contributed by atoms with E-state index in [0.29, 0.717) is 30.2 Å². The fraction of sp³-hybridized carbons (Fsp3) is 0.545. The van der Waals surface area contributed by atoms with Crippen LogP contribution in [0.15, 0.2) is 42.5 Å². The second-order valence-electron chi connectivity index (χ2n) is 8.56. The summed E-state index contributed by atoms with van der Waals surface area (Å²) in [5, 5.41) is 0. The fourth-order valence-electron chi connectivity index (χ4n) is 5.71. The van der Waals surface area contributed by atoms with Crippen molar-refractivity contribution in [2.75, 3.05) is 20.1 Å². The second-order valence-corrected chi connectivity index (χ2v) is 8.56. The number of benzene rings is 1. The van der Waals surface area contributed by atoms with Crippen LogP contribution in [0.4, 0.5) is 0 Å². The first-order valence-corrected chi connectivity index (χ1v) is 9.91. The predicted octanol–water partition coefficient (Wildman–Crippen LogP) is 2.56. The molecule has 1 aromatic carbocycles. The Morgan fingerprint density at radius 2 is 1.62 bits per heavy atom. The number of nitrogens with zero attached hydrogens (tertiary/aromatic N) is 2. The molecule has 2 amide bonds. The number of allylic oxidation sites excluding steroid dienone is 2. The lowest BCUT2D eigenvalue weighted by Gasteiger charge is -2.37. The molecule has 1 saturated heterocycles. The second kappa shape index (κ2) is 6.05. The highest BCUT2D eigenvalue weighted by atomic mass is 16.2. The van der Waals surface area contributed by atoms with Gasteiger partial charge in [0.1, 0.15) is 0 Å². The molecule has 0 N–H and O–H groups in total. The molecule has 0 aromatic heterocycles. The minimum absolute atomic E-state index is 0.0525. The van der Waals surface area contributed by atoms with Crippen molar-refractivity contribution in [3.8, 4) is 0 Å². The summed E-state index contributed by atoms with van der Waals surface area (Å²) < 4.78 is 0. The molecule has 1 aliphatic heterocycles. The highest BCUT2D eigenvalue weighted by molar-refractivity contribution is 6.06. The third-order valence-corrected chi connectivity index (χ3v) is 6.97. The Morgan fingerprint density at radius 1 is 1.00 bits per heavy atom. The number of amides is 2. The van der Waals surface area contributed by atoms with Gasteiger partial charge in [-0.15, -0.1) is 0 Å². The van der Waals surface area contributed by atoms with Crippen LogP contribution in [0.2, 0.25) is 0 Å². The molecular formula is C22H26N2O2. The van der Waals surface area contributed by atoms with E-state index in [9.17, 15) is 9.59 Å². The molecule has 3 fully saturated rings. The highest BCUT2D eigenvalue weighted by Gasteiger charge is 2.66. The van der Waals surface area contributed by atoms with Crippen molar-refractivity contribution in [2.45, 2.75) is 19.4 Å². The molecule has 136 valence electrons. The van der Waals surface area contributed by atoms with E-state index in [4.69, 9.17) is 0 Å². The summed E-state index contributed by atoms with van der Waals surface area (Å²) in [5.74, 6) is 2.13. The van der Waals surface area contributed by atoms with Gasteiger partial charge >= 0.3 is 0 Å². The van der Waals surface area contributed by atoms with E-state index >= 15 is 0 Å². The lowest BCUT2D eigenvalue weighted by molar-refractivity contribution is -0.140. The summed E-state index contributed by atoms with van der Waals surface area (Å²) in [6.45, 7) is 2.35. The minimum atomic E-state index is -0.0525. The quantitative estimate of drug-likeness (QED) is 0.585. The van der Waals surface area contributed by atoms with Gasteiger partial charge in [0, 0.05) is 13.1 Å². The van der Waals surface area contributed by atoms with E-state index in [-0.39, 0.29) is 23.7 Å². The topological polar surface area (TPSA) is 40.6 Å². The first-order valence-electron chi connectivity index (χ1n) is 9.91. The highest BCUT2D eigenvalue weighted by Crippen LogP contribution is 2.65. The molecule has 26 heavy (non-hydrogen) atoms. The van der Waals surface area contributed by atoms with Gasteiger partial charge in [-0.3, -0.25) is 14.5 Å². The molecule has 5 aliphatic rings. The van der Waals surface area contributed by atoms with Crippen molar-refractivity contribution in [1.29, 1.82) is 0 Å². The van der Waals surface area contributed by atoms with Crippen molar-refractivity contribution in [3.05, 3.63) is 48.0 Å². The summed E-state index contributed by atoms with van der Waals surface area (Å²) in [6, 6.07) is 10.4. The molecule has 0 radical (unpaired) electrons. The first-order chi connectivity index (χ1) is 12.6. The molecule has 1 heterocycles. The SMILES string of the molecule is CN(CCCN1C(=O)[C@@H]2[C@@H]3C=C[C@@H]([C@H]4C[C@@H]34)[C@@H]2C1=O)Cc1ccccc1. The van der Waals surface area contributed by atoms with Crippen LogP contribution in [0.25, 0.3) is 0 Å². The van der Waals surface area contributed by atoms with Gasteiger partial charge in [0.15, 0.2) is 0 Å². The van der Waals surface area contributed by atoms with E-state index in [1.807, 2.05) is 6.07 Å². The van der Waals surface area contributed by atoms with Gasteiger partial charge in [-0.05, 0) is 55.7 Å². The molecule has 2 bridgehead atoms. The number of carbonyl (C=O) groups is 2. The third kappa shape index (κ3) is 2.46. The predicted molar refractivity (Wildman–Crippen MR) is 98.8 cm³/mol. The van der Waals surface area contributed by atoms with Crippen LogP contribution in [0.5, 0.6) is 0 Å². The normalized spacial score (nSPS) is 36.6. The molecule has 6 atom stereocenters. The summed E-state index contributed by atoms with van der Waals surface area (Å²) >= 11 is 0. The van der Waals surface area contributed by atoms with Crippen LogP contribution in [-0.4, -0.2) is 41.8 Å². The number of imide groups is 1. The number of rotatable bonds is 6. The Hall–Kier alpha value is -1.94. The molecule has 4 nitrogen and oxygen atoms in total. The third-order valence-electron chi connectivity index (χ3n) is 6.97. The van der Waals surface area contributed by atoms with Gasteiger partial charge in [-0.2, -0.15) is 0 Å². The number of likely N-dealkylation sites (tertiary alicyclic amines) is 1. The maximum Gasteiger partial charge on any atom is 0.233 e. The van der Waals surface area contributed by atoms with Gasteiger partial charge < -0.3 is 4.90 Å². The molecule has 0 unspecified atom stereocenters. The van der Waals surface area contributed by atoms with Crippen molar-refractivity contribution < 1.29 is 9.59 Å². The van der Waals surface area contributed by atoms with Gasteiger partial charge in [0.2, 0.25) is 11.8 Å². The smallest absolute Gasteiger partial charge is 0.233 e. The van der Waals surface area contributed by atoms with Gasteiger partial charge in [-0.25, -0.2) is 0 Å². The van der Waals surface area contributed by atoms with Gasteiger partial charge in [0.25, 0.3) is 0 Å². The summed E-state index contributed by atoms with van der Waals surface area (Å²) in [4.78, 5) is 29.7. The average Bonchev–Trinajstić information content (AvgIpc) is 3.43. The van der Waals surface area contributed by atoms with Crippen LogP contribution >= 0.6 is 0 Å². The van der Waals surface area contributed by atoms with Crippen LogP contribution < -0.4 is 0 Å². The summed E-state index contributed by atoms with van der Waals surface area (Å²) in [5.41, 5.74) is 1.29. The van der Waals surface area contributed by atoms with E-state index in [2.05, 4.69) is 48.4 Å². The van der Waals surface area contributed by atoms with E-state index < -0.39 is 0 Å². The van der Waals surface area contributed by atoms with Crippen LogP contribution in [0, 0.1) is 35.5 Å². The molecule has 2 saturated carbocycles. The zero-order valence-corrected chi connectivity index (χ0v) is 15.3. The Kier molecular flexibility index (Phi) is 3.78. The standard InChI is InChI=1S/C22H26N2O2/c1-23(13-14-6-3-2-4-7-14)10-5-11-24-21(25)19-15-8-9-16(18-12-17(15)18)20(19)22(24)26/h2-4,6-9,15-20H,5,10-13H2,1H3/t15-,16+,17+,18-,19-,20+. The van der Waals surface area contributed by atoms with E-state index in [1.54, 1.807) is 4.90 Å². The fourth-order valence-corrected chi connectivity index (χ4v) is 5.71. The monoisotopic (exact) mass is 350 g/mol. The Morgan fingerprint density at radius 3 is 2.23 bits per heavy atom. The Bertz CT molecular complexity index is 723. The minimum Gasteiger partial charge on any atom is -0.302 e. The van der Waals surface area contributed by atoms with Crippen molar-refractivity contribution in [1.82, 2.24) is 9.80 Å². The Balaban J connectivity index is 1.18. The molecule has 1 aromatic rings. The number of carbonyl (C=O) groups excluding carboxylic acids is 2. The number of hydrogen-bond donors (Lipinski definition) is 0. The summed E-state index contributed by atoms with van der Waals surface area (Å²) in [7, 11) is 2.10. The van der Waals surface area contributed by atoms with E-state index in [0.717, 1.165) is 19.5 Å². The lowest BCUT2D eigenvalue weighted by atomic mass is 9.63. The summed E-state index contributed by atoms with van der Waals surface area (Å²) in [6.07, 6.45) is 6.54. The molecule has 4 aliphatic carbocycles. The number of hydrogen-bond acceptors (Lipinski definition) is 3. The maximum atomic E-state index is 12.9. The molecule has 6 rings (SSSR count). The maximum absolute atomic E-state index is 12.9. The van der Waals surface area contributed by atoms with Crippen LogP contribution in [-0.2, 0) is 16.1 Å². The Labute approximate surface area is 154 Å². The zero-order chi connectivity index (χ0) is 17.8. The van der Waals surface area contributed by atoms with E-state index in [1.165, 1.54) is 12.0 Å². The zero-order valence-electron chi connectivity index (χ0n) is 15.3. The van der Waals surface area contributed by atoms with Crippen molar-refractivity contribution >= 4 is 11.8 Å².